The van der Waals surface area contributed by atoms with Crippen molar-refractivity contribution in [3.8, 4) is 6.07 Å². The van der Waals surface area contributed by atoms with Crippen LogP contribution in [0, 0.1) is 20.3 Å². The van der Waals surface area contributed by atoms with Gasteiger partial charge in [-0.15, -0.1) is 0 Å². The van der Waals surface area contributed by atoms with Gasteiger partial charge < -0.3 is 4.74 Å². The van der Waals surface area contributed by atoms with E-state index < -0.39 is 0 Å². The van der Waals surface area contributed by atoms with Crippen LogP contribution in [0.5, 0.6) is 0 Å². The molecule has 0 bridgehead atoms. The van der Waals surface area contributed by atoms with Gasteiger partial charge in [0.1, 0.15) is 0 Å². The number of hydrogen-bond donors (Lipinski definition) is 0. The van der Waals surface area contributed by atoms with Gasteiger partial charge in [-0.25, -0.2) is 0 Å². The molecule has 0 aliphatic carbocycles. The molecular formula is C12H12INO. The van der Waals surface area contributed by atoms with Crippen molar-refractivity contribution >= 4 is 22.6 Å². The Hall–Kier alpha value is -0.600. The van der Waals surface area contributed by atoms with E-state index in [1.54, 1.807) is 0 Å². The molecule has 2 rings (SSSR count). The molecule has 0 saturated carbocycles. The van der Waals surface area contributed by atoms with Gasteiger partial charge in [-0.1, -0.05) is 12.1 Å². The van der Waals surface area contributed by atoms with Crippen LogP contribution in [0.1, 0.15) is 12.0 Å². The van der Waals surface area contributed by atoms with E-state index in [4.69, 9.17) is 4.74 Å². The van der Waals surface area contributed by atoms with Crippen molar-refractivity contribution in [2.24, 2.45) is 5.41 Å². The second kappa shape index (κ2) is 4.50. The van der Waals surface area contributed by atoms with Crippen molar-refractivity contribution in [1.29, 1.82) is 5.26 Å². The number of halogens is 1. The molecule has 1 aliphatic rings. The number of nitriles is 1. The highest BCUT2D eigenvalue weighted by molar-refractivity contribution is 14.1. The smallest absolute Gasteiger partial charge is 0.0868 e. The van der Waals surface area contributed by atoms with Gasteiger partial charge in [0.2, 0.25) is 0 Å². The van der Waals surface area contributed by atoms with Crippen LogP contribution in [0.2, 0.25) is 0 Å². The van der Waals surface area contributed by atoms with Crippen molar-refractivity contribution in [3.63, 3.8) is 0 Å². The molecule has 1 aromatic rings. The van der Waals surface area contributed by atoms with Crippen LogP contribution in [-0.4, -0.2) is 13.2 Å². The summed E-state index contributed by atoms with van der Waals surface area (Å²) in [7, 11) is 0. The maximum atomic E-state index is 9.20. The molecule has 1 fully saturated rings. The predicted octanol–water partition coefficient (Wildman–Crippen LogP) is 2.76. The lowest BCUT2D eigenvalue weighted by Gasteiger charge is -2.18. The molecule has 0 spiro atoms. The highest BCUT2D eigenvalue weighted by atomic mass is 127. The third kappa shape index (κ3) is 2.50. The van der Waals surface area contributed by atoms with Gasteiger partial charge in [0.15, 0.2) is 0 Å². The Bertz CT molecular complexity index is 374. The molecule has 1 aromatic carbocycles. The van der Waals surface area contributed by atoms with Gasteiger partial charge in [-0.3, -0.25) is 0 Å². The molecule has 3 heteroatoms. The first kappa shape index (κ1) is 10.9. The third-order valence-electron chi connectivity index (χ3n) is 2.80. The van der Waals surface area contributed by atoms with Gasteiger partial charge in [-0.05, 0) is 53.1 Å². The lowest BCUT2D eigenvalue weighted by Crippen LogP contribution is -2.21. The SMILES string of the molecule is N#CC1(Cc2ccc(I)cc2)CCOC1. The Morgan fingerprint density at radius 3 is 2.67 bits per heavy atom. The fourth-order valence-corrected chi connectivity index (χ4v) is 2.23. The van der Waals surface area contributed by atoms with E-state index in [0.717, 1.165) is 19.4 Å². The summed E-state index contributed by atoms with van der Waals surface area (Å²) in [6.07, 6.45) is 1.66. The minimum absolute atomic E-state index is 0.285. The quantitative estimate of drug-likeness (QED) is 0.787. The zero-order valence-electron chi connectivity index (χ0n) is 8.37. The van der Waals surface area contributed by atoms with E-state index in [2.05, 4.69) is 52.9 Å². The maximum Gasteiger partial charge on any atom is 0.0868 e. The predicted molar refractivity (Wildman–Crippen MR) is 66.3 cm³/mol. The van der Waals surface area contributed by atoms with Crippen molar-refractivity contribution < 1.29 is 4.74 Å². The molecule has 0 amide bonds. The van der Waals surface area contributed by atoms with Gasteiger partial charge in [-0.2, -0.15) is 5.26 Å². The van der Waals surface area contributed by atoms with E-state index in [0.29, 0.717) is 6.61 Å². The van der Waals surface area contributed by atoms with E-state index in [1.807, 2.05) is 0 Å². The molecule has 1 atom stereocenters. The Morgan fingerprint density at radius 1 is 1.40 bits per heavy atom. The Balaban J connectivity index is 2.14. The first-order valence-electron chi connectivity index (χ1n) is 4.98. The first-order chi connectivity index (χ1) is 7.24. The summed E-state index contributed by atoms with van der Waals surface area (Å²) in [5.74, 6) is 0. The van der Waals surface area contributed by atoms with E-state index >= 15 is 0 Å². The number of nitrogens with zero attached hydrogens (tertiary/aromatic N) is 1. The zero-order chi connectivity index (χ0) is 10.7. The van der Waals surface area contributed by atoms with Crippen molar-refractivity contribution in [3.05, 3.63) is 33.4 Å². The Morgan fingerprint density at radius 2 is 2.13 bits per heavy atom. The van der Waals surface area contributed by atoms with Crippen LogP contribution in [-0.2, 0) is 11.2 Å². The zero-order valence-corrected chi connectivity index (χ0v) is 10.5. The summed E-state index contributed by atoms with van der Waals surface area (Å²) < 4.78 is 6.55. The van der Waals surface area contributed by atoms with Crippen LogP contribution in [0.3, 0.4) is 0 Å². The summed E-state index contributed by atoms with van der Waals surface area (Å²) in [5, 5.41) is 9.20. The first-order valence-corrected chi connectivity index (χ1v) is 6.05. The van der Waals surface area contributed by atoms with Crippen molar-refractivity contribution in [2.45, 2.75) is 12.8 Å². The minimum Gasteiger partial charge on any atom is -0.380 e. The minimum atomic E-state index is -0.285. The van der Waals surface area contributed by atoms with Crippen LogP contribution < -0.4 is 0 Å². The molecule has 15 heavy (non-hydrogen) atoms. The summed E-state index contributed by atoms with van der Waals surface area (Å²) in [4.78, 5) is 0. The summed E-state index contributed by atoms with van der Waals surface area (Å²) in [6.45, 7) is 1.30. The van der Waals surface area contributed by atoms with Crippen LogP contribution in [0.15, 0.2) is 24.3 Å². The van der Waals surface area contributed by atoms with Crippen molar-refractivity contribution in [2.75, 3.05) is 13.2 Å². The Labute approximate surface area is 103 Å². The van der Waals surface area contributed by atoms with Crippen molar-refractivity contribution in [1.82, 2.24) is 0 Å². The molecule has 1 unspecified atom stereocenters. The second-order valence-corrected chi connectivity index (χ2v) is 5.24. The number of rotatable bonds is 2. The van der Waals surface area contributed by atoms with Gasteiger partial charge in [0.05, 0.1) is 18.1 Å². The molecule has 1 aliphatic heterocycles. The highest BCUT2D eigenvalue weighted by Gasteiger charge is 2.35. The van der Waals surface area contributed by atoms with Crippen LogP contribution in [0.25, 0.3) is 0 Å². The Kier molecular flexibility index (Phi) is 3.27. The summed E-state index contributed by atoms with van der Waals surface area (Å²) in [5.41, 5.74) is 0.940. The normalized spacial score (nSPS) is 25.1. The molecule has 0 aromatic heterocycles. The fourth-order valence-electron chi connectivity index (χ4n) is 1.87. The van der Waals surface area contributed by atoms with E-state index in [1.165, 1.54) is 9.13 Å². The lowest BCUT2D eigenvalue weighted by atomic mass is 9.82. The molecule has 0 N–H and O–H groups in total. The molecule has 1 saturated heterocycles. The van der Waals surface area contributed by atoms with Gasteiger partial charge in [0, 0.05) is 10.2 Å². The number of benzene rings is 1. The number of hydrogen-bond acceptors (Lipinski definition) is 2. The summed E-state index contributed by atoms with van der Waals surface area (Å²) in [6, 6.07) is 10.8. The fraction of sp³-hybridized carbons (Fsp3) is 0.417. The lowest BCUT2D eigenvalue weighted by molar-refractivity contribution is 0.171. The average molecular weight is 313 g/mol. The summed E-state index contributed by atoms with van der Waals surface area (Å²) >= 11 is 2.28. The van der Waals surface area contributed by atoms with E-state index in [9.17, 15) is 5.26 Å². The van der Waals surface area contributed by atoms with Crippen LogP contribution >= 0.6 is 22.6 Å². The van der Waals surface area contributed by atoms with Crippen LogP contribution in [0.4, 0.5) is 0 Å². The van der Waals surface area contributed by atoms with Gasteiger partial charge in [0.25, 0.3) is 0 Å². The van der Waals surface area contributed by atoms with E-state index in [-0.39, 0.29) is 5.41 Å². The monoisotopic (exact) mass is 313 g/mol. The molecule has 0 radical (unpaired) electrons. The largest absolute Gasteiger partial charge is 0.380 e. The molecule has 1 heterocycles. The molecular weight excluding hydrogens is 301 g/mol. The highest BCUT2D eigenvalue weighted by Crippen LogP contribution is 2.31. The third-order valence-corrected chi connectivity index (χ3v) is 3.52. The number of ether oxygens (including phenoxy) is 1. The molecule has 2 nitrogen and oxygen atoms in total. The average Bonchev–Trinajstić information content (AvgIpc) is 2.71. The standard InChI is InChI=1S/C12H12INO/c13-11-3-1-10(2-4-11)7-12(8-14)5-6-15-9-12/h1-4H,5-7,9H2. The second-order valence-electron chi connectivity index (χ2n) is 4.00. The molecule has 78 valence electrons. The topological polar surface area (TPSA) is 33.0 Å². The maximum absolute atomic E-state index is 9.20. The van der Waals surface area contributed by atoms with Gasteiger partial charge >= 0.3 is 0 Å².